The molecule has 0 unspecified atom stereocenters. The molecule has 128 valence electrons. The molecular weight excluding hydrogens is 304 g/mol. The summed E-state index contributed by atoms with van der Waals surface area (Å²) in [6.07, 6.45) is 0.915. The Morgan fingerprint density at radius 3 is 2.21 bits per heavy atom. The molecule has 2 rings (SSSR count). The third-order valence-corrected chi connectivity index (χ3v) is 3.25. The maximum absolute atomic E-state index is 12.2. The first kappa shape index (κ1) is 17.7. The van der Waals surface area contributed by atoms with E-state index in [1.807, 2.05) is 62.4 Å². The molecule has 0 aliphatic rings. The van der Waals surface area contributed by atoms with Gasteiger partial charge in [-0.15, -0.1) is 0 Å². The average molecular weight is 328 g/mol. The van der Waals surface area contributed by atoms with Crippen LogP contribution in [-0.2, 0) is 4.79 Å². The summed E-state index contributed by atoms with van der Waals surface area (Å²) in [7, 11) is 0. The van der Waals surface area contributed by atoms with Gasteiger partial charge in [-0.3, -0.25) is 4.79 Å². The van der Waals surface area contributed by atoms with E-state index >= 15 is 0 Å². The largest absolute Gasteiger partial charge is 0.492 e. The first-order valence-corrected chi connectivity index (χ1v) is 8.22. The van der Waals surface area contributed by atoms with Gasteiger partial charge in [-0.1, -0.05) is 31.2 Å². The number of nitrogens with one attached hydrogen (secondary N) is 2. The highest BCUT2D eigenvalue weighted by atomic mass is 16.5. The van der Waals surface area contributed by atoms with E-state index in [4.69, 9.17) is 9.47 Å². The maximum atomic E-state index is 12.2. The number of hydrogen-bond donors (Lipinski definition) is 2. The maximum Gasteiger partial charge on any atom is 0.243 e. The van der Waals surface area contributed by atoms with Crippen molar-refractivity contribution in [1.29, 1.82) is 0 Å². The Balaban J connectivity index is 1.95. The Bertz CT molecular complexity index is 659. The van der Waals surface area contributed by atoms with E-state index < -0.39 is 0 Å². The number of benzene rings is 2. The van der Waals surface area contributed by atoms with Gasteiger partial charge in [0.05, 0.1) is 31.1 Å². The third-order valence-electron chi connectivity index (χ3n) is 3.25. The lowest BCUT2D eigenvalue weighted by molar-refractivity contribution is -0.114. The molecule has 0 heterocycles. The van der Waals surface area contributed by atoms with Crippen molar-refractivity contribution < 1.29 is 14.3 Å². The number of carbonyl (C=O) groups excluding carboxylic acids is 1. The molecule has 0 aliphatic heterocycles. The van der Waals surface area contributed by atoms with Crippen LogP contribution in [0.15, 0.2) is 48.5 Å². The van der Waals surface area contributed by atoms with Gasteiger partial charge in [-0.2, -0.15) is 0 Å². The summed E-state index contributed by atoms with van der Waals surface area (Å²) in [6, 6.07) is 15.0. The third kappa shape index (κ3) is 5.19. The standard InChI is InChI=1S/C19H24N2O3/c1-3-13-24-18-12-8-6-10-16(18)21-19(22)14-20-15-9-5-7-11-17(15)23-4-2/h5-12,20H,3-4,13-14H2,1-2H3,(H,21,22). The highest BCUT2D eigenvalue weighted by molar-refractivity contribution is 5.95. The molecule has 24 heavy (non-hydrogen) atoms. The minimum absolute atomic E-state index is 0.145. The van der Waals surface area contributed by atoms with Crippen LogP contribution in [0.5, 0.6) is 11.5 Å². The second-order valence-corrected chi connectivity index (χ2v) is 5.18. The quantitative estimate of drug-likeness (QED) is 0.732. The number of hydrogen-bond acceptors (Lipinski definition) is 4. The van der Waals surface area contributed by atoms with Gasteiger partial charge in [-0.05, 0) is 37.6 Å². The molecule has 0 spiro atoms. The Morgan fingerprint density at radius 2 is 1.54 bits per heavy atom. The van der Waals surface area contributed by atoms with Crippen molar-refractivity contribution in [2.24, 2.45) is 0 Å². The monoisotopic (exact) mass is 328 g/mol. The summed E-state index contributed by atoms with van der Waals surface area (Å²) in [5, 5.41) is 5.98. The zero-order valence-corrected chi connectivity index (χ0v) is 14.2. The Labute approximate surface area is 143 Å². The van der Waals surface area contributed by atoms with Gasteiger partial charge < -0.3 is 20.1 Å². The molecule has 0 bridgehead atoms. The van der Waals surface area contributed by atoms with Crippen molar-refractivity contribution in [3.63, 3.8) is 0 Å². The van der Waals surface area contributed by atoms with Gasteiger partial charge in [-0.25, -0.2) is 0 Å². The predicted octanol–water partition coefficient (Wildman–Crippen LogP) is 3.92. The van der Waals surface area contributed by atoms with E-state index in [1.165, 1.54) is 0 Å². The molecule has 0 fully saturated rings. The molecule has 0 aliphatic carbocycles. The minimum atomic E-state index is -0.145. The van der Waals surface area contributed by atoms with Crippen LogP contribution in [0.4, 0.5) is 11.4 Å². The van der Waals surface area contributed by atoms with E-state index in [-0.39, 0.29) is 12.5 Å². The summed E-state index contributed by atoms with van der Waals surface area (Å²) in [5.74, 6) is 1.27. The van der Waals surface area contributed by atoms with Crippen LogP contribution in [0.3, 0.4) is 0 Å². The molecule has 5 nitrogen and oxygen atoms in total. The minimum Gasteiger partial charge on any atom is -0.492 e. The van der Waals surface area contributed by atoms with Crippen LogP contribution in [0, 0.1) is 0 Å². The van der Waals surface area contributed by atoms with Gasteiger partial charge in [0, 0.05) is 0 Å². The smallest absolute Gasteiger partial charge is 0.243 e. The van der Waals surface area contributed by atoms with Gasteiger partial charge in [0.15, 0.2) is 0 Å². The number of amides is 1. The van der Waals surface area contributed by atoms with Gasteiger partial charge in [0.1, 0.15) is 11.5 Å². The molecule has 2 N–H and O–H groups in total. The Kier molecular flexibility index (Phi) is 6.95. The van der Waals surface area contributed by atoms with Crippen LogP contribution in [0.2, 0.25) is 0 Å². The van der Waals surface area contributed by atoms with Crippen molar-refractivity contribution in [3.8, 4) is 11.5 Å². The molecule has 2 aromatic rings. The van der Waals surface area contributed by atoms with Crippen molar-refractivity contribution in [1.82, 2.24) is 0 Å². The topological polar surface area (TPSA) is 59.6 Å². The van der Waals surface area contributed by atoms with Gasteiger partial charge >= 0.3 is 0 Å². The van der Waals surface area contributed by atoms with Gasteiger partial charge in [0.2, 0.25) is 5.91 Å². The molecule has 5 heteroatoms. The number of para-hydroxylation sites is 4. The summed E-state index contributed by atoms with van der Waals surface area (Å²) >= 11 is 0. The highest BCUT2D eigenvalue weighted by Crippen LogP contribution is 2.25. The van der Waals surface area contributed by atoms with E-state index in [9.17, 15) is 4.79 Å². The molecule has 0 atom stereocenters. The lowest BCUT2D eigenvalue weighted by Gasteiger charge is -2.14. The van der Waals surface area contributed by atoms with E-state index in [2.05, 4.69) is 10.6 Å². The normalized spacial score (nSPS) is 10.1. The molecule has 2 aromatic carbocycles. The summed E-state index contributed by atoms with van der Waals surface area (Å²) in [6.45, 7) is 5.31. The number of anilines is 2. The van der Waals surface area contributed by atoms with Crippen molar-refractivity contribution in [2.75, 3.05) is 30.4 Å². The lowest BCUT2D eigenvalue weighted by Crippen LogP contribution is -2.22. The van der Waals surface area contributed by atoms with Gasteiger partial charge in [0.25, 0.3) is 0 Å². The van der Waals surface area contributed by atoms with E-state index in [1.54, 1.807) is 0 Å². The van der Waals surface area contributed by atoms with Crippen LogP contribution >= 0.6 is 0 Å². The molecule has 0 aromatic heterocycles. The molecule has 1 amide bonds. The fourth-order valence-electron chi connectivity index (χ4n) is 2.17. The SMILES string of the molecule is CCCOc1ccccc1NC(=O)CNc1ccccc1OCC. The second kappa shape index (κ2) is 9.45. The number of ether oxygens (including phenoxy) is 2. The van der Waals surface area contributed by atoms with Crippen LogP contribution in [-0.4, -0.2) is 25.7 Å². The van der Waals surface area contributed by atoms with Crippen molar-refractivity contribution in [2.45, 2.75) is 20.3 Å². The van der Waals surface area contributed by atoms with Crippen LogP contribution < -0.4 is 20.1 Å². The number of carbonyl (C=O) groups is 1. The van der Waals surface area contributed by atoms with Crippen LogP contribution in [0.25, 0.3) is 0 Å². The van der Waals surface area contributed by atoms with Crippen molar-refractivity contribution >= 4 is 17.3 Å². The highest BCUT2D eigenvalue weighted by Gasteiger charge is 2.09. The molecule has 0 saturated carbocycles. The lowest BCUT2D eigenvalue weighted by atomic mass is 10.2. The Morgan fingerprint density at radius 1 is 0.917 bits per heavy atom. The first-order valence-electron chi connectivity index (χ1n) is 8.22. The number of rotatable bonds is 9. The molecular formula is C19H24N2O3. The Hall–Kier alpha value is -2.69. The molecule has 0 saturated heterocycles. The fraction of sp³-hybridized carbons (Fsp3) is 0.316. The predicted molar refractivity (Wildman–Crippen MR) is 97.0 cm³/mol. The summed E-state index contributed by atoms with van der Waals surface area (Å²) in [4.78, 5) is 12.2. The first-order chi connectivity index (χ1) is 11.7. The van der Waals surface area contributed by atoms with Crippen molar-refractivity contribution in [3.05, 3.63) is 48.5 Å². The fourth-order valence-corrected chi connectivity index (χ4v) is 2.17. The summed E-state index contributed by atoms with van der Waals surface area (Å²) in [5.41, 5.74) is 1.47. The molecule has 0 radical (unpaired) electrons. The zero-order valence-electron chi connectivity index (χ0n) is 14.2. The second-order valence-electron chi connectivity index (χ2n) is 5.18. The summed E-state index contributed by atoms with van der Waals surface area (Å²) < 4.78 is 11.2. The average Bonchev–Trinajstić information content (AvgIpc) is 2.60. The van der Waals surface area contributed by atoms with E-state index in [0.29, 0.717) is 24.7 Å². The zero-order chi connectivity index (χ0) is 17.2. The van der Waals surface area contributed by atoms with E-state index in [0.717, 1.165) is 17.9 Å². The van der Waals surface area contributed by atoms with Crippen LogP contribution in [0.1, 0.15) is 20.3 Å².